The molecule has 3 aromatic rings. The lowest BCUT2D eigenvalue weighted by molar-refractivity contribution is 0.419. The van der Waals surface area contributed by atoms with E-state index in [0.29, 0.717) is 39.0 Å². The molecule has 0 saturated heterocycles. The van der Waals surface area contributed by atoms with Crippen LogP contribution in [0.5, 0.6) is 5.75 Å². The molecular weight excluding hydrogens is 366 g/mol. The predicted octanol–water partition coefficient (Wildman–Crippen LogP) is 2.72. The molecule has 4 rings (SSSR count). The van der Waals surface area contributed by atoms with Crippen LogP contribution in [0.25, 0.3) is 16.7 Å². The molecule has 136 valence electrons. The largest absolute Gasteiger partial charge is 0.496 e. The van der Waals surface area contributed by atoms with Crippen molar-refractivity contribution in [2.75, 3.05) is 12.4 Å². The highest BCUT2D eigenvalue weighted by Crippen LogP contribution is 2.41. The van der Waals surface area contributed by atoms with Gasteiger partial charge in [-0.25, -0.2) is 14.3 Å². The van der Waals surface area contributed by atoms with Crippen LogP contribution in [-0.2, 0) is 0 Å². The van der Waals surface area contributed by atoms with Crippen LogP contribution in [0.2, 0.25) is 5.02 Å². The summed E-state index contributed by atoms with van der Waals surface area (Å²) in [5, 5.41) is 4.26. The summed E-state index contributed by atoms with van der Waals surface area (Å²) >= 11 is 6.27. The molecule has 0 amide bonds. The van der Waals surface area contributed by atoms with E-state index >= 15 is 0 Å². The Bertz CT molecular complexity index is 1160. The number of anilines is 1. The van der Waals surface area contributed by atoms with Crippen LogP contribution in [0.4, 0.5) is 5.82 Å². The second-order valence-corrected chi connectivity index (χ2v) is 6.83. The molecule has 2 heterocycles. The number of hydrogen-bond acceptors (Lipinski definition) is 6. The highest BCUT2D eigenvalue weighted by molar-refractivity contribution is 6.31. The molecule has 1 aromatic carbocycles. The smallest absolute Gasteiger partial charge is 0.355 e. The summed E-state index contributed by atoms with van der Waals surface area (Å²) in [7, 11) is 1.53. The number of nitrogens with one attached hydrogen (secondary N) is 1. The number of hydrogen-bond donors (Lipinski definition) is 1. The number of halogens is 1. The van der Waals surface area contributed by atoms with Gasteiger partial charge in [-0.3, -0.25) is 4.98 Å². The Labute approximate surface area is 160 Å². The van der Waals surface area contributed by atoms with Gasteiger partial charge < -0.3 is 10.1 Å². The minimum atomic E-state index is -0.509. The molecule has 0 bridgehead atoms. The van der Waals surface area contributed by atoms with Gasteiger partial charge in [0.15, 0.2) is 5.82 Å². The number of ether oxygens (including phenoxy) is 1. The monoisotopic (exact) mass is 381 g/mol. The highest BCUT2D eigenvalue weighted by atomic mass is 35.5. The molecule has 0 spiro atoms. The van der Waals surface area contributed by atoms with Crippen molar-refractivity contribution in [2.45, 2.75) is 25.3 Å². The molecule has 0 aliphatic heterocycles. The standard InChI is InChI=1S/C19H16ClN5O2/c1-4-19(5-6-19)24-16-15-13(9-12(20)10-14(15)27-3)25(18(26)23-16)17-11(2)21-7-8-22-17/h1,7-10H,5-6H2,2-3H3,(H,23,24,26). The molecular formula is C19H16ClN5O2. The molecule has 2 aromatic heterocycles. The third-order valence-corrected chi connectivity index (χ3v) is 4.81. The van der Waals surface area contributed by atoms with E-state index < -0.39 is 11.2 Å². The SMILES string of the molecule is C#CC1(Nc2nc(=O)n(-c3nccnc3C)c3cc(Cl)cc(OC)c23)CC1. The van der Waals surface area contributed by atoms with Gasteiger partial charge in [-0.1, -0.05) is 17.5 Å². The fourth-order valence-electron chi connectivity index (χ4n) is 3.02. The van der Waals surface area contributed by atoms with Gasteiger partial charge >= 0.3 is 5.69 Å². The third kappa shape index (κ3) is 2.88. The summed E-state index contributed by atoms with van der Waals surface area (Å²) in [6, 6.07) is 3.35. The summed E-state index contributed by atoms with van der Waals surface area (Å²) in [4.78, 5) is 25.7. The second kappa shape index (κ2) is 6.25. The maximum Gasteiger partial charge on any atom is 0.355 e. The summed E-state index contributed by atoms with van der Waals surface area (Å²) < 4.78 is 6.89. The lowest BCUT2D eigenvalue weighted by atomic mass is 10.1. The van der Waals surface area contributed by atoms with Crippen molar-refractivity contribution in [2.24, 2.45) is 0 Å². The molecule has 1 fully saturated rings. The van der Waals surface area contributed by atoms with Crippen molar-refractivity contribution in [3.05, 3.63) is 45.7 Å². The molecule has 0 radical (unpaired) electrons. The van der Waals surface area contributed by atoms with Crippen LogP contribution in [0.1, 0.15) is 18.5 Å². The molecule has 1 saturated carbocycles. The normalized spacial score (nSPS) is 14.6. The first-order valence-corrected chi connectivity index (χ1v) is 8.70. The minimum absolute atomic E-state index is 0.372. The van der Waals surface area contributed by atoms with Crippen LogP contribution in [0.3, 0.4) is 0 Å². The number of methoxy groups -OCH3 is 1. The van der Waals surface area contributed by atoms with E-state index in [9.17, 15) is 4.79 Å². The number of nitrogens with zero attached hydrogens (tertiary/aromatic N) is 4. The topological polar surface area (TPSA) is 81.9 Å². The fourth-order valence-corrected chi connectivity index (χ4v) is 3.22. The van der Waals surface area contributed by atoms with Crippen molar-refractivity contribution in [1.29, 1.82) is 0 Å². The van der Waals surface area contributed by atoms with Gasteiger partial charge in [-0.15, -0.1) is 6.42 Å². The lowest BCUT2D eigenvalue weighted by Gasteiger charge is -2.18. The minimum Gasteiger partial charge on any atom is -0.496 e. The van der Waals surface area contributed by atoms with Gasteiger partial charge in [0.05, 0.1) is 29.2 Å². The number of aryl methyl sites for hydroxylation is 1. The van der Waals surface area contributed by atoms with Crippen molar-refractivity contribution >= 4 is 28.3 Å². The van der Waals surface area contributed by atoms with E-state index in [0.717, 1.165) is 12.8 Å². The van der Waals surface area contributed by atoms with Gasteiger partial charge in [0.1, 0.15) is 11.6 Å². The predicted molar refractivity (Wildman–Crippen MR) is 104 cm³/mol. The van der Waals surface area contributed by atoms with E-state index in [4.69, 9.17) is 22.8 Å². The van der Waals surface area contributed by atoms with E-state index in [2.05, 4.69) is 26.2 Å². The van der Waals surface area contributed by atoms with Crippen LogP contribution in [0, 0.1) is 19.3 Å². The Kier molecular flexibility index (Phi) is 4.01. The number of aromatic nitrogens is 4. The fraction of sp³-hybridized carbons (Fsp3) is 0.263. The number of rotatable bonds is 4. The summed E-state index contributed by atoms with van der Waals surface area (Å²) in [5.41, 5.74) is 0.111. The summed E-state index contributed by atoms with van der Waals surface area (Å²) in [5.74, 6) is 3.98. The van der Waals surface area contributed by atoms with Crippen molar-refractivity contribution in [3.8, 4) is 23.9 Å². The number of benzene rings is 1. The average molecular weight is 382 g/mol. The second-order valence-electron chi connectivity index (χ2n) is 6.40. The highest BCUT2D eigenvalue weighted by Gasteiger charge is 2.42. The van der Waals surface area contributed by atoms with E-state index in [-0.39, 0.29) is 0 Å². The van der Waals surface area contributed by atoms with Gasteiger partial charge in [-0.05, 0) is 31.9 Å². The summed E-state index contributed by atoms with van der Waals surface area (Å²) in [6.45, 7) is 1.77. The summed E-state index contributed by atoms with van der Waals surface area (Å²) in [6.07, 6.45) is 10.4. The Morgan fingerprint density at radius 1 is 1.33 bits per heavy atom. The first kappa shape index (κ1) is 17.3. The Balaban J connectivity index is 2.08. The number of fused-ring (bicyclic) bond motifs is 1. The molecule has 7 nitrogen and oxygen atoms in total. The quantitative estimate of drug-likeness (QED) is 0.700. The van der Waals surface area contributed by atoms with Crippen LogP contribution in [-0.4, -0.2) is 32.2 Å². The van der Waals surface area contributed by atoms with Crippen LogP contribution >= 0.6 is 11.6 Å². The Morgan fingerprint density at radius 2 is 2.07 bits per heavy atom. The molecule has 0 atom stereocenters. The first-order valence-electron chi connectivity index (χ1n) is 8.32. The zero-order valence-electron chi connectivity index (χ0n) is 14.8. The zero-order valence-corrected chi connectivity index (χ0v) is 15.5. The van der Waals surface area contributed by atoms with E-state index in [1.165, 1.54) is 17.9 Å². The average Bonchev–Trinajstić information content (AvgIpc) is 3.42. The van der Waals surface area contributed by atoms with Crippen molar-refractivity contribution in [3.63, 3.8) is 0 Å². The van der Waals surface area contributed by atoms with E-state index in [1.807, 2.05) is 0 Å². The first-order chi connectivity index (χ1) is 13.0. The molecule has 1 aliphatic carbocycles. The third-order valence-electron chi connectivity index (χ3n) is 4.59. The van der Waals surface area contributed by atoms with E-state index in [1.54, 1.807) is 25.3 Å². The Morgan fingerprint density at radius 3 is 2.70 bits per heavy atom. The zero-order chi connectivity index (χ0) is 19.2. The molecule has 1 N–H and O–H groups in total. The van der Waals surface area contributed by atoms with Gasteiger partial charge in [0, 0.05) is 17.4 Å². The maximum absolute atomic E-state index is 12.9. The lowest BCUT2D eigenvalue weighted by Crippen LogP contribution is -2.28. The van der Waals surface area contributed by atoms with Gasteiger partial charge in [0.25, 0.3) is 0 Å². The van der Waals surface area contributed by atoms with Crippen LogP contribution in [0.15, 0.2) is 29.3 Å². The van der Waals surface area contributed by atoms with Crippen LogP contribution < -0.4 is 15.7 Å². The molecule has 0 unspecified atom stereocenters. The number of terminal acetylenes is 1. The molecule has 8 heteroatoms. The van der Waals surface area contributed by atoms with Gasteiger partial charge in [0.2, 0.25) is 0 Å². The van der Waals surface area contributed by atoms with Crippen molar-refractivity contribution in [1.82, 2.24) is 19.5 Å². The van der Waals surface area contributed by atoms with Gasteiger partial charge in [-0.2, -0.15) is 4.98 Å². The maximum atomic E-state index is 12.9. The van der Waals surface area contributed by atoms with Crippen molar-refractivity contribution < 1.29 is 4.74 Å². The molecule has 1 aliphatic rings. The Hall–Kier alpha value is -3.11. The molecule has 27 heavy (non-hydrogen) atoms.